The molecule has 0 amide bonds. The van der Waals surface area contributed by atoms with Crippen molar-refractivity contribution < 1.29 is 25.8 Å². The van der Waals surface area contributed by atoms with Crippen LogP contribution in [0, 0.1) is 31.9 Å². The normalized spacial score (nSPS) is 11.8. The molecule has 0 saturated heterocycles. The minimum Gasteiger partial charge on any atom is -0.509 e. The molecule has 0 aliphatic heterocycles. The van der Waals surface area contributed by atoms with Crippen LogP contribution in [0.5, 0.6) is 11.5 Å². The Morgan fingerprint density at radius 3 is 2.09 bits per heavy atom. The van der Waals surface area contributed by atoms with Gasteiger partial charge < -0.3 is 9.30 Å². The molecule has 6 heteroatoms. The topological polar surface area (TPSA) is 44.9 Å². The zero-order valence-electron chi connectivity index (χ0n) is 32.6. The summed E-state index contributed by atoms with van der Waals surface area (Å²) >= 11 is 0. The zero-order valence-corrected chi connectivity index (χ0v) is 34.9. The van der Waals surface area contributed by atoms with Crippen LogP contribution in [0.1, 0.15) is 107 Å². The quantitative estimate of drug-likeness (QED) is 0.129. The van der Waals surface area contributed by atoms with E-state index in [2.05, 4.69) is 159 Å². The van der Waals surface area contributed by atoms with Gasteiger partial charge in [0.2, 0.25) is 0 Å². The van der Waals surface area contributed by atoms with Crippen molar-refractivity contribution in [3.63, 3.8) is 0 Å². The summed E-state index contributed by atoms with van der Waals surface area (Å²) in [7, 11) is 0. The molecule has 0 radical (unpaired) electrons. The van der Waals surface area contributed by atoms with E-state index >= 15 is 0 Å². The predicted molar refractivity (Wildman–Crippen MR) is 216 cm³/mol. The first-order valence-corrected chi connectivity index (χ1v) is 18.8. The van der Waals surface area contributed by atoms with Crippen molar-refractivity contribution in [2.75, 3.05) is 0 Å². The zero-order chi connectivity index (χ0) is 36.8. The Morgan fingerprint density at radius 2 is 1.42 bits per heavy atom. The second-order valence-corrected chi connectivity index (χ2v) is 15.6. The first kappa shape index (κ1) is 38.3. The number of para-hydroxylation sites is 1. The summed E-state index contributed by atoms with van der Waals surface area (Å²) in [5.41, 5.74) is 12.6. The van der Waals surface area contributed by atoms with Gasteiger partial charge >= 0.3 is 21.1 Å². The molecule has 0 N–H and O–H groups in total. The summed E-state index contributed by atoms with van der Waals surface area (Å²) < 4.78 is 10.9. The second-order valence-electron chi connectivity index (χ2n) is 15.6. The Hall–Kier alpha value is -4.47. The third-order valence-electron chi connectivity index (χ3n) is 10.1. The summed E-state index contributed by atoms with van der Waals surface area (Å²) in [6.07, 6.45) is 2.91. The maximum absolute atomic E-state index is 6.68. The van der Waals surface area contributed by atoms with Crippen molar-refractivity contribution >= 4 is 21.8 Å². The largest absolute Gasteiger partial charge is 2.00 e. The van der Waals surface area contributed by atoms with E-state index in [1.807, 2.05) is 16.9 Å². The number of hydrogen-bond donors (Lipinski definition) is 0. The molecule has 3 aromatic heterocycles. The van der Waals surface area contributed by atoms with Gasteiger partial charge in [-0.05, 0) is 95.5 Å². The fourth-order valence-corrected chi connectivity index (χ4v) is 7.60. The van der Waals surface area contributed by atoms with Crippen LogP contribution in [-0.2, 0) is 27.5 Å². The van der Waals surface area contributed by atoms with Crippen LogP contribution >= 0.6 is 0 Å². The molecule has 0 atom stereocenters. The maximum Gasteiger partial charge on any atom is 2.00 e. The summed E-state index contributed by atoms with van der Waals surface area (Å²) in [6, 6.07) is 35.2. The van der Waals surface area contributed by atoms with Gasteiger partial charge in [0.25, 0.3) is 0 Å². The number of aromatic nitrogens is 4. The molecular formula is C47H50N4OPt. The van der Waals surface area contributed by atoms with Crippen LogP contribution in [-0.4, -0.2) is 19.3 Å². The number of aryl methyl sites for hydroxylation is 1. The van der Waals surface area contributed by atoms with Crippen molar-refractivity contribution in [2.45, 2.75) is 93.4 Å². The molecule has 0 fully saturated rings. The minimum absolute atomic E-state index is 0. The van der Waals surface area contributed by atoms with E-state index in [0.29, 0.717) is 29.3 Å². The van der Waals surface area contributed by atoms with Gasteiger partial charge in [0.1, 0.15) is 5.82 Å². The van der Waals surface area contributed by atoms with Gasteiger partial charge in [0, 0.05) is 34.5 Å². The Balaban J connectivity index is 0.00000481. The van der Waals surface area contributed by atoms with Gasteiger partial charge in [-0.15, -0.1) is 41.3 Å². The minimum atomic E-state index is 0. The van der Waals surface area contributed by atoms with Crippen molar-refractivity contribution in [1.29, 1.82) is 0 Å². The van der Waals surface area contributed by atoms with Gasteiger partial charge in [-0.1, -0.05) is 97.3 Å². The first-order valence-electron chi connectivity index (χ1n) is 18.8. The third-order valence-corrected chi connectivity index (χ3v) is 10.1. The molecule has 0 saturated carbocycles. The molecule has 7 aromatic rings. The number of nitrogens with zero attached hydrogens (tertiary/aromatic N) is 4. The van der Waals surface area contributed by atoms with Gasteiger partial charge in [-0.3, -0.25) is 4.68 Å². The number of rotatable bonds is 10. The Morgan fingerprint density at radius 1 is 0.698 bits per heavy atom. The summed E-state index contributed by atoms with van der Waals surface area (Å²) in [5, 5.41) is 7.42. The Labute approximate surface area is 329 Å². The smallest absolute Gasteiger partial charge is 0.509 e. The van der Waals surface area contributed by atoms with E-state index in [1.54, 1.807) is 0 Å². The van der Waals surface area contributed by atoms with E-state index in [9.17, 15) is 0 Å². The number of pyridine rings is 1. The number of ether oxygens (including phenoxy) is 1. The molecule has 0 aliphatic carbocycles. The Bertz CT molecular complexity index is 2390. The van der Waals surface area contributed by atoms with E-state index in [4.69, 9.17) is 14.8 Å². The van der Waals surface area contributed by atoms with E-state index in [-0.39, 0.29) is 27.0 Å². The van der Waals surface area contributed by atoms with Crippen LogP contribution < -0.4 is 4.74 Å². The first-order chi connectivity index (χ1) is 24.9. The summed E-state index contributed by atoms with van der Waals surface area (Å²) in [4.78, 5) is 4.83. The van der Waals surface area contributed by atoms with Crippen LogP contribution in [0.2, 0.25) is 0 Å². The van der Waals surface area contributed by atoms with Gasteiger partial charge in [-0.2, -0.15) is 11.2 Å². The van der Waals surface area contributed by atoms with E-state index in [1.165, 1.54) is 27.8 Å². The molecule has 7 rings (SSSR count). The Kier molecular flexibility index (Phi) is 11.2. The fraction of sp³-hybridized carbons (Fsp3) is 0.319. The second kappa shape index (κ2) is 15.5. The predicted octanol–water partition coefficient (Wildman–Crippen LogP) is 12.6. The molecule has 0 aliphatic rings. The summed E-state index contributed by atoms with van der Waals surface area (Å²) in [5.74, 6) is 3.75. The average molecular weight is 882 g/mol. The molecular weight excluding hydrogens is 832 g/mol. The molecule has 274 valence electrons. The van der Waals surface area contributed by atoms with Crippen molar-refractivity contribution in [3.05, 3.63) is 131 Å². The van der Waals surface area contributed by atoms with E-state index < -0.39 is 0 Å². The van der Waals surface area contributed by atoms with Gasteiger partial charge in [-0.25, -0.2) is 4.98 Å². The maximum atomic E-state index is 6.68. The summed E-state index contributed by atoms with van der Waals surface area (Å²) in [6.45, 7) is 22.3. The monoisotopic (exact) mass is 881 g/mol. The molecule has 0 bridgehead atoms. The molecule has 5 nitrogen and oxygen atoms in total. The van der Waals surface area contributed by atoms with Gasteiger partial charge in [0.15, 0.2) is 0 Å². The van der Waals surface area contributed by atoms with E-state index in [0.717, 1.165) is 56.7 Å². The average Bonchev–Trinajstić information content (AvgIpc) is 3.59. The molecule has 0 unspecified atom stereocenters. The fourth-order valence-electron chi connectivity index (χ4n) is 7.60. The SMILES string of the molecule is Cc1nn(-c2[c-]c(Oc3[c-]c4c(cc3)c3ccccc3n4-c3cc(CC(C)C)ccn3)cc(C(C)C)c2)c(C)c1-c1c(C(C)C)cccc1C(C)C.[Pt+2]. The van der Waals surface area contributed by atoms with Crippen LogP contribution in [0.15, 0.2) is 85.1 Å². The van der Waals surface area contributed by atoms with Crippen LogP contribution in [0.4, 0.5) is 0 Å². The molecule has 4 aromatic carbocycles. The number of hydrogen-bond acceptors (Lipinski definition) is 3. The van der Waals surface area contributed by atoms with Crippen molar-refractivity contribution in [1.82, 2.24) is 19.3 Å². The molecule has 3 heterocycles. The standard InChI is InChI=1S/C47H50N4O.Pt/c1-28(2)22-34-20-21-48-45(23-34)50-43-17-12-11-14-41(43)42-19-18-37(27-44(42)50)52-38-25-35(29(3)4)24-36(26-38)51-33(10)46(32(9)49-51)47-39(30(5)6)15-13-16-40(47)31(7)8;/h11-21,23-25,28-31H,22H2,1-10H3;/q-2;+2. The number of fused-ring (bicyclic) bond motifs is 3. The van der Waals surface area contributed by atoms with Crippen LogP contribution in [0.3, 0.4) is 0 Å². The molecule has 0 spiro atoms. The third kappa shape index (κ3) is 7.38. The molecule has 53 heavy (non-hydrogen) atoms. The number of benzene rings is 4. The van der Waals surface area contributed by atoms with Crippen molar-refractivity contribution in [2.24, 2.45) is 5.92 Å². The van der Waals surface area contributed by atoms with Crippen LogP contribution in [0.25, 0.3) is 44.4 Å². The van der Waals surface area contributed by atoms with Crippen molar-refractivity contribution in [3.8, 4) is 34.1 Å². The van der Waals surface area contributed by atoms with Gasteiger partial charge in [0.05, 0.1) is 5.69 Å².